The maximum atomic E-state index is 15.3. The van der Waals surface area contributed by atoms with E-state index in [1.807, 2.05) is 41.6 Å². The topological polar surface area (TPSA) is 128 Å². The first-order valence-corrected chi connectivity index (χ1v) is 19.4. The van der Waals surface area contributed by atoms with Crippen LogP contribution in [0.2, 0.25) is 0 Å². The van der Waals surface area contributed by atoms with Crippen LogP contribution in [0.1, 0.15) is 48.7 Å². The van der Waals surface area contributed by atoms with E-state index in [1.165, 1.54) is 17.7 Å². The lowest BCUT2D eigenvalue weighted by Gasteiger charge is -2.41. The smallest absolute Gasteiger partial charge is 0.415 e. The van der Waals surface area contributed by atoms with E-state index in [0.717, 1.165) is 53.2 Å². The van der Waals surface area contributed by atoms with Crippen LogP contribution >= 0.6 is 0 Å². The molecule has 4 heterocycles. The molecule has 8 rings (SSSR count). The van der Waals surface area contributed by atoms with E-state index in [-0.39, 0.29) is 41.6 Å². The summed E-state index contributed by atoms with van der Waals surface area (Å²) in [5.41, 5.74) is 8.03. The molecule has 294 valence electrons. The number of benzene rings is 4. The number of ether oxygens (including phenoxy) is 2. The normalized spacial score (nSPS) is 16.8. The Bertz CT molecular complexity index is 2330. The van der Waals surface area contributed by atoms with Gasteiger partial charge in [-0.15, -0.1) is 0 Å². The lowest BCUT2D eigenvalue weighted by Crippen LogP contribution is -2.52. The molecular weight excluding hydrogens is 723 g/mol. The van der Waals surface area contributed by atoms with Gasteiger partial charge >= 0.3 is 6.09 Å². The van der Waals surface area contributed by atoms with Crippen LogP contribution in [0.15, 0.2) is 91.0 Å². The van der Waals surface area contributed by atoms with Crippen LogP contribution in [-0.2, 0) is 37.7 Å². The molecule has 0 spiro atoms. The summed E-state index contributed by atoms with van der Waals surface area (Å²) in [5.74, 6) is 0.0235. The molecule has 0 saturated carbocycles. The Morgan fingerprint density at radius 2 is 1.56 bits per heavy atom. The number of rotatable bonds is 7. The van der Waals surface area contributed by atoms with Gasteiger partial charge in [-0.1, -0.05) is 30.3 Å². The molecule has 12 nitrogen and oxygen atoms in total. The molecule has 2 N–H and O–H groups in total. The number of aromatic nitrogens is 1. The van der Waals surface area contributed by atoms with Crippen molar-refractivity contribution in [2.45, 2.75) is 38.9 Å². The second kappa shape index (κ2) is 15.8. The summed E-state index contributed by atoms with van der Waals surface area (Å²) in [6, 6.07) is 26.7. The zero-order valence-electron chi connectivity index (χ0n) is 32.5. The summed E-state index contributed by atoms with van der Waals surface area (Å²) < 4.78 is 13.2. The van der Waals surface area contributed by atoms with Crippen LogP contribution < -0.4 is 9.64 Å². The molecule has 5 aromatic rings. The van der Waals surface area contributed by atoms with Gasteiger partial charge in [0.05, 0.1) is 18.8 Å². The molecule has 4 aromatic carbocycles. The molecule has 0 aliphatic carbocycles. The van der Waals surface area contributed by atoms with Crippen LogP contribution in [0, 0.1) is 6.92 Å². The predicted octanol–water partition coefficient (Wildman–Crippen LogP) is 6.14. The quantitative estimate of drug-likeness (QED) is 0.202. The van der Waals surface area contributed by atoms with Gasteiger partial charge in [-0.2, -0.15) is 0 Å². The number of carbonyl (C=O) groups is 3. The minimum absolute atomic E-state index is 0.00000157. The lowest BCUT2D eigenvalue weighted by molar-refractivity contribution is 0.0193. The molecular formula is C45H47N5O7. The minimum Gasteiger partial charge on any atom is -0.508 e. The number of aromatic hydroxyl groups is 2. The van der Waals surface area contributed by atoms with Crippen molar-refractivity contribution in [2.24, 2.45) is 7.05 Å². The number of phenols is 2. The lowest BCUT2D eigenvalue weighted by atomic mass is 9.89. The molecule has 1 atom stereocenters. The van der Waals surface area contributed by atoms with Crippen LogP contribution in [0.4, 0.5) is 10.5 Å². The Kier molecular flexibility index (Phi) is 10.5. The van der Waals surface area contributed by atoms with Crippen LogP contribution in [0.25, 0.3) is 11.3 Å². The third kappa shape index (κ3) is 7.70. The number of phenolic OH excluding ortho intramolecular Hbond substituents is 2. The molecule has 1 saturated heterocycles. The molecule has 3 amide bonds. The molecule has 3 aliphatic rings. The van der Waals surface area contributed by atoms with Gasteiger partial charge in [0, 0.05) is 93.7 Å². The molecule has 1 aromatic heterocycles. The Labute approximate surface area is 332 Å². The van der Waals surface area contributed by atoms with Gasteiger partial charge in [0.1, 0.15) is 17.2 Å². The number of anilines is 1. The fourth-order valence-corrected chi connectivity index (χ4v) is 8.24. The maximum absolute atomic E-state index is 15.3. The fourth-order valence-electron chi connectivity index (χ4n) is 8.24. The summed E-state index contributed by atoms with van der Waals surface area (Å²) >= 11 is 0. The van der Waals surface area contributed by atoms with Crippen molar-refractivity contribution in [2.75, 3.05) is 51.3 Å². The first kappa shape index (κ1) is 37.8. The van der Waals surface area contributed by atoms with E-state index in [2.05, 4.69) is 29.2 Å². The molecule has 1 fully saturated rings. The molecule has 0 unspecified atom stereocenters. The average Bonchev–Trinajstić information content (AvgIpc) is 3.52. The Morgan fingerprint density at radius 1 is 0.807 bits per heavy atom. The third-order valence-electron chi connectivity index (χ3n) is 11.6. The number of hydrogen-bond acceptors (Lipinski definition) is 8. The summed E-state index contributed by atoms with van der Waals surface area (Å²) in [4.78, 5) is 50.3. The van der Waals surface area contributed by atoms with E-state index in [1.54, 1.807) is 53.2 Å². The number of fused-ring (bicyclic) bond motifs is 2. The summed E-state index contributed by atoms with van der Waals surface area (Å²) in [6.45, 7) is 6.62. The highest BCUT2D eigenvalue weighted by Crippen LogP contribution is 2.36. The predicted molar refractivity (Wildman–Crippen MR) is 216 cm³/mol. The highest BCUT2D eigenvalue weighted by Gasteiger charge is 2.35. The Balaban J connectivity index is 1.19. The van der Waals surface area contributed by atoms with Gasteiger partial charge in [0.15, 0.2) is 0 Å². The Morgan fingerprint density at radius 3 is 2.32 bits per heavy atom. The van der Waals surface area contributed by atoms with E-state index in [4.69, 9.17) is 9.47 Å². The summed E-state index contributed by atoms with van der Waals surface area (Å²) in [5, 5.41) is 19.7. The van der Waals surface area contributed by atoms with E-state index >= 15 is 4.79 Å². The van der Waals surface area contributed by atoms with Crippen molar-refractivity contribution in [3.63, 3.8) is 0 Å². The SMILES string of the molecule is Cc1c(C(=O)N(C)c2ccc(O)cc2)cc(-c2cc3c(cc2C(=O)N2Cc4ccccc4C[C@H]2CN2CCOCC2)CN(C(=O)Oc2cccc(O)c2)CC3)n1C. The minimum atomic E-state index is -0.541. The number of carbonyl (C=O) groups excluding carboxylic acids is 3. The Hall–Kier alpha value is -6.11. The van der Waals surface area contributed by atoms with Gasteiger partial charge < -0.3 is 39.0 Å². The second-order valence-electron chi connectivity index (χ2n) is 15.1. The van der Waals surface area contributed by atoms with Gasteiger partial charge in [0.2, 0.25) is 0 Å². The van der Waals surface area contributed by atoms with Crippen molar-refractivity contribution in [1.29, 1.82) is 0 Å². The fraction of sp³-hybridized carbons (Fsp3) is 0.311. The molecule has 57 heavy (non-hydrogen) atoms. The second-order valence-corrected chi connectivity index (χ2v) is 15.1. The number of nitrogens with zero attached hydrogens (tertiary/aromatic N) is 5. The zero-order valence-corrected chi connectivity index (χ0v) is 32.5. The summed E-state index contributed by atoms with van der Waals surface area (Å²) in [7, 11) is 3.61. The first-order chi connectivity index (χ1) is 27.5. The van der Waals surface area contributed by atoms with E-state index < -0.39 is 6.09 Å². The molecule has 12 heteroatoms. The van der Waals surface area contributed by atoms with Gasteiger partial charge in [-0.05, 0) is 96.6 Å². The van der Waals surface area contributed by atoms with E-state index in [9.17, 15) is 19.8 Å². The van der Waals surface area contributed by atoms with Crippen molar-refractivity contribution < 1.29 is 34.1 Å². The van der Waals surface area contributed by atoms with E-state index in [0.29, 0.717) is 56.1 Å². The van der Waals surface area contributed by atoms with Gasteiger partial charge in [-0.25, -0.2) is 4.79 Å². The molecule has 0 radical (unpaired) electrons. The first-order valence-electron chi connectivity index (χ1n) is 19.4. The third-order valence-corrected chi connectivity index (χ3v) is 11.6. The molecule has 3 aliphatic heterocycles. The van der Waals surface area contributed by atoms with Crippen molar-refractivity contribution in [3.8, 4) is 28.5 Å². The number of amides is 3. The van der Waals surface area contributed by atoms with Crippen molar-refractivity contribution in [3.05, 3.63) is 130 Å². The van der Waals surface area contributed by atoms with Crippen molar-refractivity contribution in [1.82, 2.24) is 19.3 Å². The molecule has 0 bridgehead atoms. The number of hydrogen-bond donors (Lipinski definition) is 2. The average molecular weight is 770 g/mol. The van der Waals surface area contributed by atoms with Crippen molar-refractivity contribution >= 4 is 23.6 Å². The highest BCUT2D eigenvalue weighted by atomic mass is 16.6. The van der Waals surface area contributed by atoms with Crippen LogP contribution in [0.3, 0.4) is 0 Å². The zero-order chi connectivity index (χ0) is 39.8. The number of morpholine rings is 1. The van der Waals surface area contributed by atoms with Crippen LogP contribution in [0.5, 0.6) is 17.2 Å². The standard InChI is InChI=1S/C45H47N5O7/c1-29-39(43(53)47(3)34-11-13-36(51)14-12-34)25-42(46(29)2)40-22-31-15-16-49(45(55)57-38-10-6-9-37(52)24-38)26-33(31)23-41(40)44(54)50-27-32-8-5-4-7-30(32)21-35(50)28-48-17-19-56-20-18-48/h4-14,22-25,35,51-52H,15-21,26-28H2,1-3H3/t35-/m0/s1. The highest BCUT2D eigenvalue weighted by molar-refractivity contribution is 6.08. The largest absolute Gasteiger partial charge is 0.508 e. The van der Waals surface area contributed by atoms with Gasteiger partial charge in [0.25, 0.3) is 11.8 Å². The maximum Gasteiger partial charge on any atom is 0.415 e. The monoisotopic (exact) mass is 769 g/mol. The summed E-state index contributed by atoms with van der Waals surface area (Å²) in [6.07, 6.45) is 0.710. The van der Waals surface area contributed by atoms with Crippen LogP contribution in [-0.4, -0.2) is 99.9 Å². The van der Waals surface area contributed by atoms with Gasteiger partial charge in [-0.3, -0.25) is 14.5 Å².